The van der Waals surface area contributed by atoms with Crippen molar-refractivity contribution in [3.63, 3.8) is 0 Å². The van der Waals surface area contributed by atoms with Gasteiger partial charge in [-0.3, -0.25) is 4.79 Å². The van der Waals surface area contributed by atoms with E-state index >= 15 is 0 Å². The summed E-state index contributed by atoms with van der Waals surface area (Å²) in [6, 6.07) is 4.13. The van der Waals surface area contributed by atoms with Crippen molar-refractivity contribution >= 4 is 5.97 Å². The number of aryl methyl sites for hydroxylation is 1. The molecule has 0 saturated heterocycles. The molecule has 0 amide bonds. The van der Waals surface area contributed by atoms with Crippen LogP contribution in [0.25, 0.3) is 11.4 Å². The van der Waals surface area contributed by atoms with Gasteiger partial charge in [-0.15, -0.1) is 5.10 Å². The van der Waals surface area contributed by atoms with Crippen LogP contribution in [0.1, 0.15) is 25.5 Å². The van der Waals surface area contributed by atoms with E-state index in [2.05, 4.69) is 15.5 Å². The summed E-state index contributed by atoms with van der Waals surface area (Å²) in [6.45, 7) is 4.97. The standard InChI is InChI=1S/C13H15FN4O2/c1-7-6-10(4-5-11(7)14)12-15-16-17-18(12)9(3)8(2)13(19)20/h4-6,8-9H,1-3H3,(H,19,20). The fraction of sp³-hybridized carbons (Fsp3) is 0.385. The molecule has 1 aromatic heterocycles. The van der Waals surface area contributed by atoms with Crippen LogP contribution in [0.5, 0.6) is 0 Å². The van der Waals surface area contributed by atoms with Gasteiger partial charge in [0.2, 0.25) is 0 Å². The third-order valence-corrected chi connectivity index (χ3v) is 3.41. The highest BCUT2D eigenvalue weighted by atomic mass is 19.1. The predicted octanol–water partition coefficient (Wildman–Crippen LogP) is 2.07. The van der Waals surface area contributed by atoms with Crippen LogP contribution in [0.4, 0.5) is 4.39 Å². The molecule has 0 aliphatic rings. The first kappa shape index (κ1) is 14.1. The lowest BCUT2D eigenvalue weighted by Gasteiger charge is -2.17. The average molecular weight is 278 g/mol. The molecule has 0 spiro atoms. The summed E-state index contributed by atoms with van der Waals surface area (Å²) >= 11 is 0. The number of carboxylic acid groups (broad SMARTS) is 1. The zero-order chi connectivity index (χ0) is 14.9. The van der Waals surface area contributed by atoms with E-state index in [0.717, 1.165) is 0 Å². The molecule has 2 unspecified atom stereocenters. The minimum absolute atomic E-state index is 0.306. The van der Waals surface area contributed by atoms with Crippen LogP contribution >= 0.6 is 0 Å². The third-order valence-electron chi connectivity index (χ3n) is 3.41. The van der Waals surface area contributed by atoms with Gasteiger partial charge in [-0.2, -0.15) is 0 Å². The minimum Gasteiger partial charge on any atom is -0.481 e. The molecule has 0 radical (unpaired) electrons. The maximum Gasteiger partial charge on any atom is 0.308 e. The molecule has 0 aliphatic heterocycles. The minimum atomic E-state index is -0.922. The van der Waals surface area contributed by atoms with Gasteiger partial charge in [-0.05, 0) is 55.0 Å². The van der Waals surface area contributed by atoms with Crippen LogP contribution in [-0.4, -0.2) is 31.3 Å². The predicted molar refractivity (Wildman–Crippen MR) is 69.5 cm³/mol. The van der Waals surface area contributed by atoms with E-state index in [-0.39, 0.29) is 5.82 Å². The molecule has 2 atom stereocenters. The normalized spacial score (nSPS) is 14.0. The summed E-state index contributed by atoms with van der Waals surface area (Å²) < 4.78 is 14.7. The van der Waals surface area contributed by atoms with E-state index in [1.807, 2.05) is 0 Å². The van der Waals surface area contributed by atoms with Crippen LogP contribution in [0.3, 0.4) is 0 Å². The van der Waals surface area contributed by atoms with E-state index in [4.69, 9.17) is 5.11 Å². The number of nitrogens with zero attached hydrogens (tertiary/aromatic N) is 4. The van der Waals surface area contributed by atoms with Crippen LogP contribution in [0.2, 0.25) is 0 Å². The largest absolute Gasteiger partial charge is 0.481 e. The molecule has 7 heteroatoms. The molecule has 1 aromatic carbocycles. The lowest BCUT2D eigenvalue weighted by atomic mass is 10.0. The summed E-state index contributed by atoms with van der Waals surface area (Å²) in [4.78, 5) is 11.1. The first-order chi connectivity index (χ1) is 9.41. The lowest BCUT2D eigenvalue weighted by Crippen LogP contribution is -2.23. The summed E-state index contributed by atoms with van der Waals surface area (Å²) in [7, 11) is 0. The Labute approximate surface area is 115 Å². The van der Waals surface area contributed by atoms with E-state index in [9.17, 15) is 9.18 Å². The number of tetrazole rings is 1. The summed E-state index contributed by atoms with van der Waals surface area (Å²) in [5.41, 5.74) is 1.13. The molecule has 20 heavy (non-hydrogen) atoms. The molecular weight excluding hydrogens is 263 g/mol. The number of halogens is 1. The first-order valence-corrected chi connectivity index (χ1v) is 6.19. The Morgan fingerprint density at radius 2 is 2.10 bits per heavy atom. The Morgan fingerprint density at radius 1 is 1.40 bits per heavy atom. The van der Waals surface area contributed by atoms with Gasteiger partial charge in [0.25, 0.3) is 0 Å². The lowest BCUT2D eigenvalue weighted by molar-refractivity contribution is -0.142. The van der Waals surface area contributed by atoms with E-state index in [1.54, 1.807) is 32.9 Å². The van der Waals surface area contributed by atoms with Crippen molar-refractivity contribution in [2.45, 2.75) is 26.8 Å². The number of benzene rings is 1. The van der Waals surface area contributed by atoms with Crippen molar-refractivity contribution in [3.8, 4) is 11.4 Å². The van der Waals surface area contributed by atoms with E-state index in [0.29, 0.717) is 17.0 Å². The summed E-state index contributed by atoms with van der Waals surface area (Å²) in [5, 5.41) is 20.4. The maximum atomic E-state index is 13.3. The Kier molecular flexibility index (Phi) is 3.78. The molecule has 106 valence electrons. The van der Waals surface area contributed by atoms with Crippen molar-refractivity contribution < 1.29 is 14.3 Å². The molecule has 0 aliphatic carbocycles. The molecule has 2 rings (SSSR count). The van der Waals surface area contributed by atoms with Crippen molar-refractivity contribution in [1.82, 2.24) is 20.2 Å². The third kappa shape index (κ3) is 2.52. The highest BCUT2D eigenvalue weighted by Gasteiger charge is 2.25. The van der Waals surface area contributed by atoms with Crippen molar-refractivity contribution in [3.05, 3.63) is 29.6 Å². The molecule has 6 nitrogen and oxygen atoms in total. The molecule has 2 aromatic rings. The average Bonchev–Trinajstić information content (AvgIpc) is 2.89. The number of rotatable bonds is 4. The van der Waals surface area contributed by atoms with Gasteiger partial charge in [-0.25, -0.2) is 9.07 Å². The zero-order valence-electron chi connectivity index (χ0n) is 11.4. The van der Waals surface area contributed by atoms with E-state index in [1.165, 1.54) is 10.7 Å². The van der Waals surface area contributed by atoms with Gasteiger partial charge in [0.05, 0.1) is 12.0 Å². The van der Waals surface area contributed by atoms with Crippen molar-refractivity contribution in [2.24, 2.45) is 5.92 Å². The van der Waals surface area contributed by atoms with Gasteiger partial charge in [0.1, 0.15) is 5.82 Å². The molecule has 0 fully saturated rings. The number of carbonyl (C=O) groups is 1. The van der Waals surface area contributed by atoms with Crippen LogP contribution in [0.15, 0.2) is 18.2 Å². The summed E-state index contributed by atoms with van der Waals surface area (Å²) in [5.74, 6) is -1.44. The van der Waals surface area contributed by atoms with Gasteiger partial charge in [0, 0.05) is 5.56 Å². The van der Waals surface area contributed by atoms with Gasteiger partial charge >= 0.3 is 5.97 Å². The van der Waals surface area contributed by atoms with Gasteiger partial charge < -0.3 is 5.11 Å². The monoisotopic (exact) mass is 278 g/mol. The van der Waals surface area contributed by atoms with Gasteiger partial charge in [0.15, 0.2) is 5.82 Å². The summed E-state index contributed by atoms with van der Waals surface area (Å²) in [6.07, 6.45) is 0. The Bertz CT molecular complexity index is 641. The second-order valence-electron chi connectivity index (χ2n) is 4.78. The molecule has 1 N–H and O–H groups in total. The topological polar surface area (TPSA) is 80.9 Å². The second-order valence-corrected chi connectivity index (χ2v) is 4.78. The fourth-order valence-corrected chi connectivity index (χ4v) is 1.86. The van der Waals surface area contributed by atoms with Crippen LogP contribution in [0, 0.1) is 18.7 Å². The Hall–Kier alpha value is -2.31. The number of hydrogen-bond donors (Lipinski definition) is 1. The van der Waals surface area contributed by atoms with Crippen molar-refractivity contribution in [1.29, 1.82) is 0 Å². The first-order valence-electron chi connectivity index (χ1n) is 6.19. The molecule has 1 heterocycles. The number of aromatic nitrogens is 4. The smallest absolute Gasteiger partial charge is 0.308 e. The van der Waals surface area contributed by atoms with Crippen molar-refractivity contribution in [2.75, 3.05) is 0 Å². The van der Waals surface area contributed by atoms with E-state index < -0.39 is 17.9 Å². The second kappa shape index (κ2) is 5.36. The van der Waals surface area contributed by atoms with Crippen LogP contribution in [-0.2, 0) is 4.79 Å². The van der Waals surface area contributed by atoms with Crippen LogP contribution < -0.4 is 0 Å². The van der Waals surface area contributed by atoms with Gasteiger partial charge in [-0.1, -0.05) is 0 Å². The molecule has 0 saturated carbocycles. The number of hydrogen-bond acceptors (Lipinski definition) is 4. The zero-order valence-corrected chi connectivity index (χ0v) is 11.4. The Morgan fingerprint density at radius 3 is 2.70 bits per heavy atom. The SMILES string of the molecule is Cc1cc(-c2nnnn2C(C)C(C)C(=O)O)ccc1F. The quantitative estimate of drug-likeness (QED) is 0.925. The highest BCUT2D eigenvalue weighted by Crippen LogP contribution is 2.24. The molecule has 0 bridgehead atoms. The maximum absolute atomic E-state index is 13.3. The Balaban J connectivity index is 2.42. The fourth-order valence-electron chi connectivity index (χ4n) is 1.86. The number of carboxylic acids is 1. The number of aliphatic carboxylic acids is 1. The highest BCUT2D eigenvalue weighted by molar-refractivity contribution is 5.70. The molecular formula is C13H15FN4O2.